The van der Waals surface area contributed by atoms with E-state index in [0.29, 0.717) is 0 Å². The largest absolute Gasteiger partial charge is 0.366 e. The quantitative estimate of drug-likeness (QED) is 0.669. The highest BCUT2D eigenvalue weighted by Crippen LogP contribution is 2.38. The highest BCUT2D eigenvalue weighted by atomic mass is 19.1. The van der Waals surface area contributed by atoms with E-state index in [1.807, 2.05) is 20.0 Å². The summed E-state index contributed by atoms with van der Waals surface area (Å²) in [6, 6.07) is 3.92. The number of H-pyrrole nitrogens is 1. The van der Waals surface area contributed by atoms with Crippen molar-refractivity contribution in [2.75, 3.05) is 18.0 Å². The van der Waals surface area contributed by atoms with Crippen molar-refractivity contribution < 1.29 is 13.6 Å². The average molecular weight is 411 g/mol. The number of aromatic nitrogens is 4. The number of amides is 1. The van der Waals surface area contributed by atoms with E-state index >= 15 is 0 Å². The molecule has 10 heteroatoms. The van der Waals surface area contributed by atoms with Gasteiger partial charge in [0.2, 0.25) is 0 Å². The Kier molecular flexibility index (Phi) is 4.53. The molecule has 1 amide bonds. The molecule has 0 unspecified atom stereocenters. The highest BCUT2D eigenvalue weighted by Gasteiger charge is 2.46. The molecular formula is C20H19F2N7O. The minimum atomic E-state index is -1.03. The Morgan fingerprint density at radius 1 is 1.33 bits per heavy atom. The second kappa shape index (κ2) is 6.95. The van der Waals surface area contributed by atoms with E-state index in [9.17, 15) is 18.8 Å². The first-order valence-corrected chi connectivity index (χ1v) is 9.23. The number of halogens is 2. The highest BCUT2D eigenvalue weighted by molar-refractivity contribution is 5.93. The fourth-order valence-corrected chi connectivity index (χ4v) is 3.97. The molecule has 0 bridgehead atoms. The van der Waals surface area contributed by atoms with Gasteiger partial charge in [0.1, 0.15) is 17.2 Å². The summed E-state index contributed by atoms with van der Waals surface area (Å²) in [5.41, 5.74) is 7.45. The smallest absolute Gasteiger partial charge is 0.251 e. The van der Waals surface area contributed by atoms with E-state index in [0.717, 1.165) is 34.6 Å². The van der Waals surface area contributed by atoms with Gasteiger partial charge in [0.25, 0.3) is 5.91 Å². The predicted octanol–water partition coefficient (Wildman–Crippen LogP) is 2.40. The summed E-state index contributed by atoms with van der Waals surface area (Å²) in [6.07, 6.45) is 3.69. The lowest BCUT2D eigenvalue weighted by Crippen LogP contribution is -2.63. The van der Waals surface area contributed by atoms with Crippen LogP contribution in [0.3, 0.4) is 0 Å². The standard InChI is InChI=1S/C20H19F2N7O/c1-11-18(12(2)27-26-11)13-7-25-29(8-13)20(3-4-23)9-28(10-20)17-6-15(21)14(19(24)30)5-16(17)22/h5-8H,3,9-10H2,1-2H3,(H2,24,30)(H,26,27). The number of benzene rings is 1. The average Bonchev–Trinajstić information content (AvgIpc) is 3.26. The Balaban J connectivity index is 1.63. The van der Waals surface area contributed by atoms with Crippen LogP contribution in [0, 0.1) is 36.8 Å². The molecule has 3 heterocycles. The number of hydrogen-bond acceptors (Lipinski definition) is 5. The lowest BCUT2D eigenvalue weighted by Gasteiger charge is -2.50. The molecular weight excluding hydrogens is 392 g/mol. The molecule has 1 aliphatic heterocycles. The van der Waals surface area contributed by atoms with Gasteiger partial charge >= 0.3 is 0 Å². The number of aryl methyl sites for hydroxylation is 2. The Bertz CT molecular complexity index is 1160. The summed E-state index contributed by atoms with van der Waals surface area (Å²) in [7, 11) is 0. The molecule has 1 aliphatic rings. The van der Waals surface area contributed by atoms with Crippen LogP contribution in [-0.4, -0.2) is 39.0 Å². The van der Waals surface area contributed by atoms with Crippen LogP contribution in [0.1, 0.15) is 28.2 Å². The van der Waals surface area contributed by atoms with Crippen molar-refractivity contribution in [3.8, 4) is 17.2 Å². The molecule has 154 valence electrons. The molecule has 4 rings (SSSR count). The third-order valence-electron chi connectivity index (χ3n) is 5.51. The molecule has 0 spiro atoms. The number of carbonyl (C=O) groups is 1. The summed E-state index contributed by atoms with van der Waals surface area (Å²) in [5.74, 6) is -2.67. The molecule has 3 N–H and O–H groups in total. The first kappa shape index (κ1) is 19.6. The van der Waals surface area contributed by atoms with Crippen LogP contribution in [0.15, 0.2) is 24.5 Å². The summed E-state index contributed by atoms with van der Waals surface area (Å²) < 4.78 is 30.3. The summed E-state index contributed by atoms with van der Waals surface area (Å²) in [4.78, 5) is 12.8. The molecule has 0 aliphatic carbocycles. The topological polar surface area (TPSA) is 117 Å². The molecule has 3 aromatic rings. The van der Waals surface area contributed by atoms with Crippen LogP contribution >= 0.6 is 0 Å². The Morgan fingerprint density at radius 2 is 2.07 bits per heavy atom. The van der Waals surface area contributed by atoms with Gasteiger partial charge in [-0.3, -0.25) is 14.6 Å². The van der Waals surface area contributed by atoms with E-state index in [1.54, 1.807) is 15.8 Å². The molecule has 30 heavy (non-hydrogen) atoms. The van der Waals surface area contributed by atoms with Gasteiger partial charge in [-0.15, -0.1) is 0 Å². The molecule has 0 radical (unpaired) electrons. The van der Waals surface area contributed by atoms with Gasteiger partial charge in [-0.2, -0.15) is 15.5 Å². The number of primary amides is 1. The van der Waals surface area contributed by atoms with E-state index in [-0.39, 0.29) is 25.2 Å². The third kappa shape index (κ3) is 2.99. The zero-order valence-corrected chi connectivity index (χ0v) is 16.4. The second-order valence-electron chi connectivity index (χ2n) is 7.55. The first-order valence-electron chi connectivity index (χ1n) is 9.23. The van der Waals surface area contributed by atoms with Gasteiger partial charge in [-0.25, -0.2) is 8.78 Å². The number of nitriles is 1. The van der Waals surface area contributed by atoms with Crippen molar-refractivity contribution in [2.24, 2.45) is 5.73 Å². The van der Waals surface area contributed by atoms with Crippen molar-refractivity contribution in [2.45, 2.75) is 25.8 Å². The van der Waals surface area contributed by atoms with Crippen LogP contribution in [0.4, 0.5) is 14.5 Å². The van der Waals surface area contributed by atoms with Crippen molar-refractivity contribution in [3.63, 3.8) is 0 Å². The lowest BCUT2D eigenvalue weighted by atomic mass is 9.86. The van der Waals surface area contributed by atoms with Crippen molar-refractivity contribution >= 4 is 11.6 Å². The molecule has 2 aromatic heterocycles. The molecule has 0 atom stereocenters. The molecule has 1 saturated heterocycles. The van der Waals surface area contributed by atoms with Crippen LogP contribution < -0.4 is 10.6 Å². The summed E-state index contributed by atoms with van der Waals surface area (Å²) >= 11 is 0. The minimum absolute atomic E-state index is 0.0139. The Labute approximate surface area is 170 Å². The summed E-state index contributed by atoms with van der Waals surface area (Å²) in [5, 5.41) is 20.9. The number of nitrogens with one attached hydrogen (secondary N) is 1. The lowest BCUT2D eigenvalue weighted by molar-refractivity contribution is 0.0996. The van der Waals surface area contributed by atoms with Gasteiger partial charge in [0.15, 0.2) is 0 Å². The van der Waals surface area contributed by atoms with E-state index in [4.69, 9.17) is 5.73 Å². The normalized spacial score (nSPS) is 15.0. The number of nitrogens with zero attached hydrogens (tertiary/aromatic N) is 5. The van der Waals surface area contributed by atoms with Crippen LogP contribution in [-0.2, 0) is 5.54 Å². The van der Waals surface area contributed by atoms with Crippen LogP contribution in [0.5, 0.6) is 0 Å². The Hall–Kier alpha value is -3.74. The first-order chi connectivity index (χ1) is 14.3. The second-order valence-corrected chi connectivity index (χ2v) is 7.55. The number of hydrogen-bond donors (Lipinski definition) is 2. The minimum Gasteiger partial charge on any atom is -0.366 e. The van der Waals surface area contributed by atoms with E-state index in [1.165, 1.54) is 0 Å². The zero-order valence-electron chi connectivity index (χ0n) is 16.4. The zero-order chi connectivity index (χ0) is 21.6. The van der Waals surface area contributed by atoms with Gasteiger partial charge in [-0.1, -0.05) is 0 Å². The predicted molar refractivity (Wildman–Crippen MR) is 105 cm³/mol. The maximum absolute atomic E-state index is 14.5. The van der Waals surface area contributed by atoms with Gasteiger partial charge in [0.05, 0.1) is 35.6 Å². The molecule has 8 nitrogen and oxygen atoms in total. The number of carbonyl (C=O) groups excluding carboxylic acids is 1. The number of rotatable bonds is 5. The van der Waals surface area contributed by atoms with Crippen LogP contribution in [0.2, 0.25) is 0 Å². The third-order valence-corrected chi connectivity index (χ3v) is 5.51. The van der Waals surface area contributed by atoms with Crippen molar-refractivity contribution in [1.82, 2.24) is 20.0 Å². The molecule has 1 fully saturated rings. The maximum Gasteiger partial charge on any atom is 0.251 e. The van der Waals surface area contributed by atoms with Crippen LogP contribution in [0.25, 0.3) is 11.1 Å². The van der Waals surface area contributed by atoms with E-state index < -0.39 is 28.6 Å². The van der Waals surface area contributed by atoms with E-state index in [2.05, 4.69) is 21.4 Å². The van der Waals surface area contributed by atoms with Gasteiger partial charge < -0.3 is 10.6 Å². The van der Waals surface area contributed by atoms with Gasteiger partial charge in [0, 0.05) is 42.2 Å². The van der Waals surface area contributed by atoms with Crippen molar-refractivity contribution in [1.29, 1.82) is 5.26 Å². The molecule has 0 saturated carbocycles. The monoisotopic (exact) mass is 411 g/mol. The number of anilines is 1. The number of aromatic amines is 1. The fourth-order valence-electron chi connectivity index (χ4n) is 3.97. The molecule has 1 aromatic carbocycles. The SMILES string of the molecule is Cc1n[nH]c(C)c1-c1cnn(C2(CC#N)CN(c3cc(F)c(C(N)=O)cc3F)C2)c1. The van der Waals surface area contributed by atoms with Gasteiger partial charge in [-0.05, 0) is 19.9 Å². The fraction of sp³-hybridized carbons (Fsp3) is 0.300. The number of nitrogens with two attached hydrogens (primary N) is 1. The summed E-state index contributed by atoms with van der Waals surface area (Å²) in [6.45, 7) is 4.32. The van der Waals surface area contributed by atoms with Crippen molar-refractivity contribution in [3.05, 3.63) is 53.1 Å². The Morgan fingerprint density at radius 3 is 2.67 bits per heavy atom. The maximum atomic E-state index is 14.5.